The number of aliphatic carboxylic acids is 1. The highest BCUT2D eigenvalue weighted by atomic mass is 16.4. The van der Waals surface area contributed by atoms with E-state index in [1.807, 2.05) is 13.1 Å². The lowest BCUT2D eigenvalue weighted by Gasteiger charge is -2.35. The van der Waals surface area contributed by atoms with Gasteiger partial charge in [0, 0.05) is 24.9 Å². The molecule has 0 aromatic rings. The van der Waals surface area contributed by atoms with Crippen molar-refractivity contribution in [3.63, 3.8) is 0 Å². The van der Waals surface area contributed by atoms with E-state index in [-0.39, 0.29) is 24.4 Å². The van der Waals surface area contributed by atoms with E-state index in [2.05, 4.69) is 35.8 Å². The molecule has 8 nitrogen and oxygen atoms in total. The number of unbranched alkanes of at least 4 members (excludes halogenated alkanes) is 4. The van der Waals surface area contributed by atoms with Crippen LogP contribution >= 0.6 is 0 Å². The molecule has 0 aromatic carbocycles. The SMILES string of the molecule is CCCCC[C@@H]1C=C[C@@H](CCCCC[C@H](C(=O)O)[C@H](O)C[C@@H](CNC)[C@]2(O)CC[C@H](CC3=CCNC(N)=C3)C2)[C@H](O)C1. The average Bonchev–Trinajstić information content (AvgIpc) is 3.32. The second kappa shape index (κ2) is 17.4. The van der Waals surface area contributed by atoms with E-state index in [9.17, 15) is 25.2 Å². The number of hydrogen-bond acceptors (Lipinski definition) is 7. The molecule has 1 fully saturated rings. The van der Waals surface area contributed by atoms with Gasteiger partial charge in [-0.25, -0.2) is 0 Å². The number of hydrogen-bond donors (Lipinski definition) is 7. The Morgan fingerprint density at radius 3 is 2.67 bits per heavy atom. The van der Waals surface area contributed by atoms with Gasteiger partial charge < -0.3 is 36.8 Å². The number of carboxylic acid groups (broad SMARTS) is 1. The summed E-state index contributed by atoms with van der Waals surface area (Å²) in [5.74, 6) is -0.357. The molecule has 0 unspecified atom stereocenters. The van der Waals surface area contributed by atoms with Crippen molar-refractivity contribution in [1.29, 1.82) is 0 Å². The van der Waals surface area contributed by atoms with E-state index in [4.69, 9.17) is 5.73 Å². The van der Waals surface area contributed by atoms with Crippen molar-refractivity contribution in [2.75, 3.05) is 20.1 Å². The molecule has 1 heterocycles. The minimum Gasteiger partial charge on any atom is -0.481 e. The average molecular weight is 590 g/mol. The Morgan fingerprint density at radius 2 is 1.98 bits per heavy atom. The summed E-state index contributed by atoms with van der Waals surface area (Å²) in [4.78, 5) is 12.2. The Morgan fingerprint density at radius 1 is 1.19 bits per heavy atom. The monoisotopic (exact) mass is 589 g/mol. The molecular formula is C34H59N3O5. The Balaban J connectivity index is 1.44. The lowest BCUT2D eigenvalue weighted by atomic mass is 9.78. The van der Waals surface area contributed by atoms with Gasteiger partial charge in [-0.3, -0.25) is 4.79 Å². The molecule has 42 heavy (non-hydrogen) atoms. The first-order chi connectivity index (χ1) is 20.1. The summed E-state index contributed by atoms with van der Waals surface area (Å²) in [5, 5.41) is 49.6. The summed E-state index contributed by atoms with van der Waals surface area (Å²) in [6.07, 6.45) is 20.2. The molecule has 0 aromatic heterocycles. The zero-order valence-electron chi connectivity index (χ0n) is 26.1. The number of aliphatic hydroxyl groups is 3. The molecule has 8 atom stereocenters. The quantitative estimate of drug-likeness (QED) is 0.0854. The van der Waals surface area contributed by atoms with E-state index < -0.39 is 23.6 Å². The number of carboxylic acids is 1. The van der Waals surface area contributed by atoms with Crippen molar-refractivity contribution >= 4 is 5.97 Å². The first-order valence-corrected chi connectivity index (χ1v) is 16.7. The molecular weight excluding hydrogens is 530 g/mol. The van der Waals surface area contributed by atoms with Crippen molar-refractivity contribution in [2.45, 2.75) is 121 Å². The number of dihydropyridines is 1. The Labute approximate surface area is 253 Å². The standard InChI is InChI=1S/C34H59N3O5/c1-3-4-6-9-24-12-13-27(30(38)19-24)10-7-5-8-11-29(33(40)41)31(39)21-28(23-36-2)34(42)16-14-26(22-34)18-25-15-17-37-32(35)20-25/h12-13,15,20,24,26-31,36-39,42H,3-11,14,16-19,21-23,35H2,1-2H3,(H,40,41)/t24-,26-,27-,28+,29+,30-,31-,34+/m1/s1. The van der Waals surface area contributed by atoms with Gasteiger partial charge in [0.15, 0.2) is 0 Å². The van der Waals surface area contributed by atoms with Crippen LogP contribution in [0.15, 0.2) is 35.7 Å². The van der Waals surface area contributed by atoms with Crippen molar-refractivity contribution in [3.05, 3.63) is 35.7 Å². The number of allylic oxidation sites excluding steroid dienone is 3. The number of nitrogens with one attached hydrogen (secondary N) is 2. The van der Waals surface area contributed by atoms with Gasteiger partial charge in [-0.1, -0.05) is 63.7 Å². The molecule has 0 radical (unpaired) electrons. The van der Waals surface area contributed by atoms with Crippen LogP contribution in [-0.4, -0.2) is 64.3 Å². The van der Waals surface area contributed by atoms with E-state index in [1.165, 1.54) is 24.8 Å². The van der Waals surface area contributed by atoms with Crippen LogP contribution in [0.5, 0.6) is 0 Å². The lowest BCUT2D eigenvalue weighted by molar-refractivity contribution is -0.147. The van der Waals surface area contributed by atoms with E-state index in [0.29, 0.717) is 43.5 Å². The highest BCUT2D eigenvalue weighted by Crippen LogP contribution is 2.44. The molecule has 8 heteroatoms. The zero-order valence-corrected chi connectivity index (χ0v) is 26.1. The van der Waals surface area contributed by atoms with Gasteiger partial charge in [-0.05, 0) is 88.3 Å². The number of rotatable bonds is 19. The molecule has 240 valence electrons. The first kappa shape index (κ1) is 34.6. The molecule has 3 aliphatic rings. The number of aliphatic hydroxyl groups excluding tert-OH is 2. The second-order valence-corrected chi connectivity index (χ2v) is 13.4. The third-order valence-corrected chi connectivity index (χ3v) is 10.1. The highest BCUT2D eigenvalue weighted by Gasteiger charge is 2.45. The predicted octanol–water partition coefficient (Wildman–Crippen LogP) is 4.61. The fourth-order valence-corrected chi connectivity index (χ4v) is 7.54. The van der Waals surface area contributed by atoms with Crippen LogP contribution in [0.4, 0.5) is 0 Å². The molecule has 0 spiro atoms. The van der Waals surface area contributed by atoms with Crippen LogP contribution in [0, 0.1) is 29.6 Å². The van der Waals surface area contributed by atoms with Crippen LogP contribution in [0.25, 0.3) is 0 Å². The summed E-state index contributed by atoms with van der Waals surface area (Å²) in [7, 11) is 1.84. The van der Waals surface area contributed by atoms with Crippen LogP contribution in [0.3, 0.4) is 0 Å². The summed E-state index contributed by atoms with van der Waals surface area (Å²) in [6, 6.07) is 0. The van der Waals surface area contributed by atoms with Crippen molar-refractivity contribution in [2.24, 2.45) is 35.3 Å². The van der Waals surface area contributed by atoms with Gasteiger partial charge in [-0.2, -0.15) is 0 Å². The maximum Gasteiger partial charge on any atom is 0.309 e. The summed E-state index contributed by atoms with van der Waals surface area (Å²) in [5.41, 5.74) is 6.19. The van der Waals surface area contributed by atoms with Crippen molar-refractivity contribution < 1.29 is 25.2 Å². The van der Waals surface area contributed by atoms with E-state index in [0.717, 1.165) is 57.9 Å². The smallest absolute Gasteiger partial charge is 0.309 e. The molecule has 0 saturated heterocycles. The molecule has 0 amide bonds. The molecule has 1 saturated carbocycles. The maximum atomic E-state index is 12.2. The van der Waals surface area contributed by atoms with Gasteiger partial charge in [0.2, 0.25) is 0 Å². The van der Waals surface area contributed by atoms with Gasteiger partial charge >= 0.3 is 5.97 Å². The van der Waals surface area contributed by atoms with Crippen LogP contribution in [0.1, 0.15) is 103 Å². The van der Waals surface area contributed by atoms with Crippen molar-refractivity contribution in [3.8, 4) is 0 Å². The third-order valence-electron chi connectivity index (χ3n) is 10.1. The van der Waals surface area contributed by atoms with Gasteiger partial charge in [0.25, 0.3) is 0 Å². The normalized spacial score (nSPS) is 29.8. The number of nitrogens with two attached hydrogens (primary N) is 1. The van der Waals surface area contributed by atoms with E-state index >= 15 is 0 Å². The molecule has 8 N–H and O–H groups in total. The summed E-state index contributed by atoms with van der Waals surface area (Å²) < 4.78 is 0. The van der Waals surface area contributed by atoms with Crippen LogP contribution < -0.4 is 16.4 Å². The maximum absolute atomic E-state index is 12.2. The first-order valence-electron chi connectivity index (χ1n) is 16.7. The lowest BCUT2D eigenvalue weighted by Crippen LogP contribution is -2.44. The molecule has 3 rings (SSSR count). The predicted molar refractivity (Wildman–Crippen MR) is 168 cm³/mol. The summed E-state index contributed by atoms with van der Waals surface area (Å²) in [6.45, 7) is 3.46. The third kappa shape index (κ3) is 10.7. The highest BCUT2D eigenvalue weighted by molar-refractivity contribution is 5.70. The number of carbonyl (C=O) groups is 1. The second-order valence-electron chi connectivity index (χ2n) is 13.4. The van der Waals surface area contributed by atoms with Gasteiger partial charge in [0.1, 0.15) is 0 Å². The van der Waals surface area contributed by atoms with E-state index in [1.54, 1.807) is 0 Å². The van der Waals surface area contributed by atoms with Crippen molar-refractivity contribution in [1.82, 2.24) is 10.6 Å². The Kier molecular flexibility index (Phi) is 14.4. The topological polar surface area (TPSA) is 148 Å². The van der Waals surface area contributed by atoms with Crippen LogP contribution in [-0.2, 0) is 4.79 Å². The molecule has 0 bridgehead atoms. The van der Waals surface area contributed by atoms with Crippen LogP contribution in [0.2, 0.25) is 0 Å². The van der Waals surface area contributed by atoms with Gasteiger partial charge in [0.05, 0.1) is 29.5 Å². The molecule has 1 aliphatic heterocycles. The Hall–Kier alpha value is -1.87. The zero-order chi connectivity index (χ0) is 30.5. The minimum absolute atomic E-state index is 0.186. The largest absolute Gasteiger partial charge is 0.481 e. The minimum atomic E-state index is -1.01. The molecule has 2 aliphatic carbocycles. The van der Waals surface area contributed by atoms with Gasteiger partial charge in [-0.15, -0.1) is 0 Å². The fourth-order valence-electron chi connectivity index (χ4n) is 7.54. The summed E-state index contributed by atoms with van der Waals surface area (Å²) >= 11 is 0. The fraction of sp³-hybridized carbons (Fsp3) is 0.794. The Bertz CT molecular complexity index is 921.